The molecule has 0 radical (unpaired) electrons. The molecular weight excluding hydrogens is 745 g/mol. The van der Waals surface area contributed by atoms with E-state index in [4.69, 9.17) is 14.2 Å². The summed E-state index contributed by atoms with van der Waals surface area (Å²) in [4.78, 5) is 37.9. The molecular formula is C54H98O6. The summed E-state index contributed by atoms with van der Waals surface area (Å²) in [7, 11) is 0. The Balaban J connectivity index is 4.36. The van der Waals surface area contributed by atoms with Gasteiger partial charge in [-0.05, 0) is 89.9 Å². The maximum Gasteiger partial charge on any atom is 0.306 e. The average Bonchev–Trinajstić information content (AvgIpc) is 3.24. The zero-order valence-corrected chi connectivity index (χ0v) is 40.0. The maximum atomic E-state index is 12.8. The standard InChI is InChI=1S/C54H98O6/c1-4-7-10-13-16-19-22-24-26-28-29-32-35-38-41-44-47-53(56)59-50-51(49-58-52(55)46-43-40-37-34-31-21-18-15-12-9-6-3)60-54(57)48-45-42-39-36-33-30-27-25-23-20-17-14-11-8-5-2/h15,18,20,23,26,28,51H,4-14,16-17,19,21-22,24-25,27,29-50H2,1-3H3/b18-15-,23-20-,28-26-. The second-order valence-corrected chi connectivity index (χ2v) is 17.4. The molecule has 0 amide bonds. The molecule has 0 N–H and O–H groups in total. The zero-order valence-electron chi connectivity index (χ0n) is 40.0. The number of carbonyl (C=O) groups excluding carboxylic acids is 3. The van der Waals surface area contributed by atoms with Crippen LogP contribution in [0.5, 0.6) is 0 Å². The van der Waals surface area contributed by atoms with Gasteiger partial charge in [-0.15, -0.1) is 0 Å². The first kappa shape index (κ1) is 57.6. The molecule has 0 saturated heterocycles. The van der Waals surface area contributed by atoms with E-state index in [2.05, 4.69) is 57.2 Å². The molecule has 60 heavy (non-hydrogen) atoms. The molecule has 0 rings (SSSR count). The minimum Gasteiger partial charge on any atom is -0.462 e. The van der Waals surface area contributed by atoms with Gasteiger partial charge in [0.05, 0.1) is 0 Å². The van der Waals surface area contributed by atoms with Crippen LogP contribution < -0.4 is 0 Å². The molecule has 0 bridgehead atoms. The molecule has 6 nitrogen and oxygen atoms in total. The van der Waals surface area contributed by atoms with Crippen LogP contribution in [0.2, 0.25) is 0 Å². The molecule has 0 aliphatic rings. The highest BCUT2D eigenvalue weighted by Crippen LogP contribution is 2.15. The lowest BCUT2D eigenvalue weighted by Gasteiger charge is -2.18. The topological polar surface area (TPSA) is 78.9 Å². The van der Waals surface area contributed by atoms with Crippen molar-refractivity contribution in [3.8, 4) is 0 Å². The van der Waals surface area contributed by atoms with Gasteiger partial charge in [-0.3, -0.25) is 14.4 Å². The Morgan fingerprint density at radius 1 is 0.317 bits per heavy atom. The van der Waals surface area contributed by atoms with Crippen molar-refractivity contribution in [2.45, 2.75) is 277 Å². The Morgan fingerprint density at radius 2 is 0.567 bits per heavy atom. The van der Waals surface area contributed by atoms with Crippen molar-refractivity contribution < 1.29 is 28.6 Å². The first-order valence-electron chi connectivity index (χ1n) is 26.0. The molecule has 1 unspecified atom stereocenters. The number of allylic oxidation sites excluding steroid dienone is 6. The SMILES string of the molecule is CCCC/C=C\CCCCCCCC(=O)OCC(COC(=O)CCCCCCC/C=C\CCCCCCCCC)OC(=O)CCCCCCCCC/C=C\CCCCCC. The predicted octanol–water partition coefficient (Wildman–Crippen LogP) is 16.9. The van der Waals surface area contributed by atoms with Crippen molar-refractivity contribution in [1.29, 1.82) is 0 Å². The summed E-state index contributed by atoms with van der Waals surface area (Å²) in [6.45, 7) is 6.58. The smallest absolute Gasteiger partial charge is 0.306 e. The van der Waals surface area contributed by atoms with Gasteiger partial charge in [0.25, 0.3) is 0 Å². The van der Waals surface area contributed by atoms with Gasteiger partial charge >= 0.3 is 17.9 Å². The van der Waals surface area contributed by atoms with Crippen LogP contribution in [-0.4, -0.2) is 37.2 Å². The average molecular weight is 843 g/mol. The van der Waals surface area contributed by atoms with E-state index in [0.717, 1.165) is 70.6 Å². The fourth-order valence-electron chi connectivity index (χ4n) is 7.35. The molecule has 0 aliphatic heterocycles. The molecule has 0 heterocycles. The molecule has 0 aliphatic carbocycles. The summed E-state index contributed by atoms with van der Waals surface area (Å²) in [6.07, 6.45) is 56.9. The van der Waals surface area contributed by atoms with E-state index >= 15 is 0 Å². The summed E-state index contributed by atoms with van der Waals surface area (Å²) in [5.74, 6) is -0.893. The lowest BCUT2D eigenvalue weighted by atomic mass is 10.1. The Hall–Kier alpha value is -2.37. The quantitative estimate of drug-likeness (QED) is 0.0263. The molecule has 1 atom stereocenters. The van der Waals surface area contributed by atoms with Crippen LogP contribution in [0, 0.1) is 0 Å². The molecule has 350 valence electrons. The fourth-order valence-corrected chi connectivity index (χ4v) is 7.35. The predicted molar refractivity (Wildman–Crippen MR) is 256 cm³/mol. The molecule has 0 fully saturated rings. The second-order valence-electron chi connectivity index (χ2n) is 17.4. The zero-order chi connectivity index (χ0) is 43.7. The summed E-state index contributed by atoms with van der Waals surface area (Å²) < 4.78 is 16.8. The van der Waals surface area contributed by atoms with Gasteiger partial charge in [-0.2, -0.15) is 0 Å². The first-order chi connectivity index (χ1) is 29.5. The van der Waals surface area contributed by atoms with Crippen LogP contribution in [0.1, 0.15) is 271 Å². The minimum atomic E-state index is -0.778. The summed E-state index contributed by atoms with van der Waals surface area (Å²) in [6, 6.07) is 0. The van der Waals surface area contributed by atoms with Crippen molar-refractivity contribution in [1.82, 2.24) is 0 Å². The first-order valence-corrected chi connectivity index (χ1v) is 26.0. The highest BCUT2D eigenvalue weighted by Gasteiger charge is 2.19. The van der Waals surface area contributed by atoms with Gasteiger partial charge < -0.3 is 14.2 Å². The molecule has 0 aromatic heterocycles. The largest absolute Gasteiger partial charge is 0.462 e. The van der Waals surface area contributed by atoms with Gasteiger partial charge in [0.1, 0.15) is 13.2 Å². The normalized spacial score (nSPS) is 12.2. The number of carbonyl (C=O) groups is 3. The second kappa shape index (κ2) is 49.3. The van der Waals surface area contributed by atoms with E-state index in [9.17, 15) is 14.4 Å². The van der Waals surface area contributed by atoms with Gasteiger partial charge in [0.2, 0.25) is 0 Å². The van der Waals surface area contributed by atoms with Crippen molar-refractivity contribution in [3.63, 3.8) is 0 Å². The third-order valence-corrected chi connectivity index (χ3v) is 11.3. The summed E-state index contributed by atoms with van der Waals surface area (Å²) in [5.41, 5.74) is 0. The van der Waals surface area contributed by atoms with E-state index in [1.54, 1.807) is 0 Å². The van der Waals surface area contributed by atoms with Gasteiger partial charge in [-0.25, -0.2) is 0 Å². The summed E-state index contributed by atoms with van der Waals surface area (Å²) in [5, 5.41) is 0. The number of hydrogen-bond acceptors (Lipinski definition) is 6. The van der Waals surface area contributed by atoms with Crippen molar-refractivity contribution in [3.05, 3.63) is 36.5 Å². The lowest BCUT2D eigenvalue weighted by molar-refractivity contribution is -0.167. The van der Waals surface area contributed by atoms with E-state index < -0.39 is 6.10 Å². The van der Waals surface area contributed by atoms with Crippen molar-refractivity contribution in [2.24, 2.45) is 0 Å². The highest BCUT2D eigenvalue weighted by molar-refractivity contribution is 5.71. The van der Waals surface area contributed by atoms with E-state index in [0.29, 0.717) is 19.3 Å². The third-order valence-electron chi connectivity index (χ3n) is 11.3. The van der Waals surface area contributed by atoms with E-state index in [1.165, 1.54) is 161 Å². The molecule has 0 saturated carbocycles. The number of esters is 3. The van der Waals surface area contributed by atoms with Crippen molar-refractivity contribution >= 4 is 17.9 Å². The van der Waals surface area contributed by atoms with Gasteiger partial charge in [0, 0.05) is 19.3 Å². The lowest BCUT2D eigenvalue weighted by Crippen LogP contribution is -2.30. The minimum absolute atomic E-state index is 0.0794. The van der Waals surface area contributed by atoms with Gasteiger partial charge in [-0.1, -0.05) is 198 Å². The van der Waals surface area contributed by atoms with Crippen LogP contribution in [0.25, 0.3) is 0 Å². The Bertz CT molecular complexity index is 1020. The number of rotatable bonds is 47. The van der Waals surface area contributed by atoms with Crippen molar-refractivity contribution in [2.75, 3.05) is 13.2 Å². The maximum absolute atomic E-state index is 12.8. The van der Waals surface area contributed by atoms with Crippen LogP contribution in [0.15, 0.2) is 36.5 Å². The number of unbranched alkanes of at least 4 members (excludes halogenated alkanes) is 30. The Morgan fingerprint density at radius 3 is 0.900 bits per heavy atom. The summed E-state index contributed by atoms with van der Waals surface area (Å²) >= 11 is 0. The number of ether oxygens (including phenoxy) is 3. The molecule has 0 aromatic carbocycles. The molecule has 0 aromatic rings. The Labute approximate surface area is 372 Å². The monoisotopic (exact) mass is 843 g/mol. The van der Waals surface area contributed by atoms with Crippen LogP contribution in [0.3, 0.4) is 0 Å². The third kappa shape index (κ3) is 46.7. The van der Waals surface area contributed by atoms with E-state index in [-0.39, 0.29) is 31.1 Å². The Kier molecular flexibility index (Phi) is 47.3. The van der Waals surface area contributed by atoms with Crippen LogP contribution in [-0.2, 0) is 28.6 Å². The highest BCUT2D eigenvalue weighted by atomic mass is 16.6. The number of hydrogen-bond donors (Lipinski definition) is 0. The molecule has 6 heteroatoms. The van der Waals surface area contributed by atoms with Crippen LogP contribution >= 0.6 is 0 Å². The van der Waals surface area contributed by atoms with Crippen LogP contribution in [0.4, 0.5) is 0 Å². The van der Waals surface area contributed by atoms with E-state index in [1.807, 2.05) is 0 Å². The van der Waals surface area contributed by atoms with Gasteiger partial charge in [0.15, 0.2) is 6.10 Å². The molecule has 0 spiro atoms. The fraction of sp³-hybridized carbons (Fsp3) is 0.833.